The third-order valence-corrected chi connectivity index (χ3v) is 6.65. The van der Waals surface area contributed by atoms with Crippen molar-refractivity contribution in [2.45, 2.75) is 18.5 Å². The van der Waals surface area contributed by atoms with Gasteiger partial charge in [-0.25, -0.2) is 4.79 Å². The zero-order valence-electron chi connectivity index (χ0n) is 19.5. The van der Waals surface area contributed by atoms with Gasteiger partial charge in [0, 0.05) is 19.6 Å². The van der Waals surface area contributed by atoms with Crippen molar-refractivity contribution in [1.82, 2.24) is 15.1 Å². The van der Waals surface area contributed by atoms with Gasteiger partial charge in [0.2, 0.25) is 5.91 Å². The summed E-state index contributed by atoms with van der Waals surface area (Å²) in [5.74, 6) is 0.280. The molecule has 2 saturated heterocycles. The first kappa shape index (κ1) is 22.9. The third kappa shape index (κ3) is 4.72. The van der Waals surface area contributed by atoms with Gasteiger partial charge in [0.1, 0.15) is 11.8 Å². The van der Waals surface area contributed by atoms with Crippen molar-refractivity contribution in [2.75, 3.05) is 45.3 Å². The topological polar surface area (TPSA) is 100 Å². The molecule has 0 spiro atoms. The maximum Gasteiger partial charge on any atom is 0.317 e. The molecular formula is C26H28N4O5. The first-order valence-corrected chi connectivity index (χ1v) is 11.7. The van der Waals surface area contributed by atoms with Gasteiger partial charge in [0.25, 0.3) is 5.91 Å². The monoisotopic (exact) mass is 476 g/mol. The average molecular weight is 477 g/mol. The molecule has 0 saturated carbocycles. The van der Waals surface area contributed by atoms with Gasteiger partial charge in [0.15, 0.2) is 0 Å². The van der Waals surface area contributed by atoms with E-state index in [4.69, 9.17) is 9.47 Å². The van der Waals surface area contributed by atoms with E-state index in [1.54, 1.807) is 29.0 Å². The van der Waals surface area contributed by atoms with E-state index in [-0.39, 0.29) is 17.8 Å². The number of ether oxygens (including phenoxy) is 2. The predicted molar refractivity (Wildman–Crippen MR) is 131 cm³/mol. The lowest BCUT2D eigenvalue weighted by Crippen LogP contribution is -2.55. The minimum Gasteiger partial charge on any atom is -0.497 e. The van der Waals surface area contributed by atoms with Crippen LogP contribution >= 0.6 is 0 Å². The van der Waals surface area contributed by atoms with Crippen LogP contribution in [0.3, 0.4) is 0 Å². The minimum absolute atomic E-state index is 0.217. The van der Waals surface area contributed by atoms with Crippen molar-refractivity contribution in [3.05, 3.63) is 59.2 Å². The number of fused-ring (bicyclic) bond motifs is 2. The average Bonchev–Trinajstić information content (AvgIpc) is 3.27. The van der Waals surface area contributed by atoms with E-state index in [1.165, 1.54) is 0 Å². The van der Waals surface area contributed by atoms with Crippen molar-refractivity contribution < 1.29 is 23.9 Å². The second kappa shape index (κ2) is 9.79. The Kier molecular flexibility index (Phi) is 6.41. The summed E-state index contributed by atoms with van der Waals surface area (Å²) in [5.41, 5.74) is 2.77. The standard InChI is InChI=1S/C26H28N4O5/c1-34-19-7-4-17(5-8-19)2-3-18-6-9-21-20(16-18)25(32)30-11-10-22(23(30)24(31)27-21)28-26(33)29-12-14-35-15-13-29/h2-9,16,22-23H,10-15H2,1H3,(H,27,31)(H,28,33)/b3-2+/t22-,23-/m0/s1. The third-order valence-electron chi connectivity index (χ3n) is 6.65. The Labute approximate surface area is 203 Å². The summed E-state index contributed by atoms with van der Waals surface area (Å²) < 4.78 is 10.5. The first-order valence-electron chi connectivity index (χ1n) is 11.7. The number of hydrogen-bond acceptors (Lipinski definition) is 5. The molecule has 35 heavy (non-hydrogen) atoms. The number of morpholine rings is 1. The van der Waals surface area contributed by atoms with Gasteiger partial charge in [-0.3, -0.25) is 9.59 Å². The minimum atomic E-state index is -0.752. The van der Waals surface area contributed by atoms with Crippen LogP contribution in [-0.2, 0) is 9.53 Å². The molecule has 3 aliphatic heterocycles. The van der Waals surface area contributed by atoms with Crippen LogP contribution < -0.4 is 15.4 Å². The molecule has 2 fully saturated rings. The van der Waals surface area contributed by atoms with E-state index in [0.29, 0.717) is 50.5 Å². The maximum atomic E-state index is 13.4. The lowest BCUT2D eigenvalue weighted by atomic mass is 10.1. The zero-order chi connectivity index (χ0) is 24.4. The Morgan fingerprint density at radius 1 is 1.06 bits per heavy atom. The van der Waals surface area contributed by atoms with E-state index in [2.05, 4.69) is 10.6 Å². The van der Waals surface area contributed by atoms with E-state index in [0.717, 1.165) is 16.9 Å². The number of urea groups is 1. The molecule has 2 aromatic rings. The van der Waals surface area contributed by atoms with Crippen molar-refractivity contribution >= 4 is 35.7 Å². The number of nitrogens with zero attached hydrogens (tertiary/aromatic N) is 2. The Hall–Kier alpha value is -3.85. The summed E-state index contributed by atoms with van der Waals surface area (Å²) in [5, 5.41) is 5.86. The largest absolute Gasteiger partial charge is 0.497 e. The number of benzene rings is 2. The molecule has 4 amide bonds. The number of anilines is 1. The molecule has 9 nitrogen and oxygen atoms in total. The highest BCUT2D eigenvalue weighted by Gasteiger charge is 2.45. The van der Waals surface area contributed by atoms with Crippen molar-refractivity contribution in [3.63, 3.8) is 0 Å². The lowest BCUT2D eigenvalue weighted by molar-refractivity contribution is -0.120. The maximum absolute atomic E-state index is 13.4. The molecule has 5 rings (SSSR count). The Bertz CT molecular complexity index is 1160. The number of hydrogen-bond donors (Lipinski definition) is 2. The van der Waals surface area contributed by atoms with Gasteiger partial charge in [0.05, 0.1) is 37.6 Å². The Morgan fingerprint density at radius 2 is 1.77 bits per heavy atom. The second-order valence-electron chi connectivity index (χ2n) is 8.79. The fourth-order valence-electron chi connectivity index (χ4n) is 4.73. The highest BCUT2D eigenvalue weighted by atomic mass is 16.5. The van der Waals surface area contributed by atoms with Crippen LogP contribution in [0, 0.1) is 0 Å². The van der Waals surface area contributed by atoms with Crippen LogP contribution in [0.2, 0.25) is 0 Å². The molecule has 0 unspecified atom stereocenters. The molecule has 3 heterocycles. The molecular weight excluding hydrogens is 448 g/mol. The molecule has 9 heteroatoms. The van der Waals surface area contributed by atoms with Gasteiger partial charge in [-0.15, -0.1) is 0 Å². The summed E-state index contributed by atoms with van der Waals surface area (Å²) in [6, 6.07) is 11.6. The fraction of sp³-hybridized carbons (Fsp3) is 0.346. The van der Waals surface area contributed by atoms with Gasteiger partial charge < -0.3 is 29.9 Å². The second-order valence-corrected chi connectivity index (χ2v) is 8.79. The summed E-state index contributed by atoms with van der Waals surface area (Å²) in [6.07, 6.45) is 4.40. The fourth-order valence-corrected chi connectivity index (χ4v) is 4.73. The highest BCUT2D eigenvalue weighted by molar-refractivity contribution is 6.11. The lowest BCUT2D eigenvalue weighted by Gasteiger charge is -2.30. The number of methoxy groups -OCH3 is 1. The molecule has 0 radical (unpaired) electrons. The molecule has 0 aromatic heterocycles. The van der Waals surface area contributed by atoms with Gasteiger partial charge in [-0.05, 0) is 41.8 Å². The number of rotatable bonds is 4. The van der Waals surface area contributed by atoms with E-state index in [1.807, 2.05) is 42.5 Å². The zero-order valence-corrected chi connectivity index (χ0v) is 19.5. The van der Waals surface area contributed by atoms with Gasteiger partial charge in [-0.1, -0.05) is 30.4 Å². The van der Waals surface area contributed by atoms with Crippen LogP contribution in [0.5, 0.6) is 5.75 Å². The van der Waals surface area contributed by atoms with Crippen molar-refractivity contribution in [3.8, 4) is 5.75 Å². The van der Waals surface area contributed by atoms with Crippen LogP contribution in [0.4, 0.5) is 10.5 Å². The van der Waals surface area contributed by atoms with E-state index >= 15 is 0 Å². The van der Waals surface area contributed by atoms with Crippen LogP contribution in [0.25, 0.3) is 12.2 Å². The highest BCUT2D eigenvalue weighted by Crippen LogP contribution is 2.30. The molecule has 0 aliphatic carbocycles. The molecule has 0 bridgehead atoms. The normalized spacial score (nSPS) is 21.9. The van der Waals surface area contributed by atoms with Gasteiger partial charge >= 0.3 is 6.03 Å². The smallest absolute Gasteiger partial charge is 0.317 e. The summed E-state index contributed by atoms with van der Waals surface area (Å²) >= 11 is 0. The Morgan fingerprint density at radius 3 is 2.51 bits per heavy atom. The van der Waals surface area contributed by atoms with Crippen molar-refractivity contribution in [2.24, 2.45) is 0 Å². The molecule has 3 aliphatic rings. The first-order chi connectivity index (χ1) is 17.0. The molecule has 2 aromatic carbocycles. The SMILES string of the molecule is COc1ccc(/C=C/c2ccc3c(c2)C(=O)N2CC[C@H](NC(=O)N4CCOCC4)[C@H]2C(=O)N3)cc1. The molecule has 2 atom stereocenters. The van der Waals surface area contributed by atoms with Crippen molar-refractivity contribution in [1.29, 1.82) is 0 Å². The number of carbonyl (C=O) groups is 3. The predicted octanol–water partition coefficient (Wildman–Crippen LogP) is 2.44. The number of amides is 4. The summed E-state index contributed by atoms with van der Waals surface area (Å²) in [7, 11) is 1.63. The van der Waals surface area contributed by atoms with Crippen LogP contribution in [0.1, 0.15) is 27.9 Å². The van der Waals surface area contributed by atoms with E-state index < -0.39 is 12.1 Å². The van der Waals surface area contributed by atoms with Gasteiger partial charge in [-0.2, -0.15) is 0 Å². The van der Waals surface area contributed by atoms with E-state index in [9.17, 15) is 14.4 Å². The molecule has 182 valence electrons. The molecule has 2 N–H and O–H groups in total. The number of nitrogens with one attached hydrogen (secondary N) is 2. The Balaban J connectivity index is 1.33. The summed E-state index contributed by atoms with van der Waals surface area (Å²) in [6.45, 7) is 2.41. The van der Waals surface area contributed by atoms with Crippen LogP contribution in [0.15, 0.2) is 42.5 Å². The van der Waals surface area contributed by atoms with Crippen LogP contribution in [-0.4, -0.2) is 79.7 Å². The number of carbonyl (C=O) groups excluding carboxylic acids is 3. The summed E-state index contributed by atoms with van der Waals surface area (Å²) in [4.78, 5) is 42.5. The quantitative estimate of drug-likeness (QED) is 0.661.